The SMILES string of the molecule is Cc1nn(CC(=O)NC(C)c2ccccc2Cl)c(C)c1N. The van der Waals surface area contributed by atoms with E-state index in [0.29, 0.717) is 10.7 Å². The lowest BCUT2D eigenvalue weighted by Gasteiger charge is -2.16. The Labute approximate surface area is 129 Å². The molecule has 1 amide bonds. The third-order valence-electron chi connectivity index (χ3n) is 3.48. The summed E-state index contributed by atoms with van der Waals surface area (Å²) in [6, 6.07) is 7.29. The van der Waals surface area contributed by atoms with Gasteiger partial charge >= 0.3 is 0 Å². The van der Waals surface area contributed by atoms with Gasteiger partial charge in [-0.2, -0.15) is 5.10 Å². The molecule has 21 heavy (non-hydrogen) atoms. The van der Waals surface area contributed by atoms with Gasteiger partial charge in [0.1, 0.15) is 6.54 Å². The predicted octanol–water partition coefficient (Wildman–Crippen LogP) is 2.61. The maximum atomic E-state index is 12.1. The second-order valence-corrected chi connectivity index (χ2v) is 5.46. The van der Waals surface area contributed by atoms with Crippen molar-refractivity contribution < 1.29 is 4.79 Å². The fraction of sp³-hybridized carbons (Fsp3) is 0.333. The first kappa shape index (κ1) is 15.4. The molecule has 3 N–H and O–H groups in total. The van der Waals surface area contributed by atoms with Crippen LogP contribution >= 0.6 is 11.6 Å². The zero-order valence-corrected chi connectivity index (χ0v) is 13.1. The quantitative estimate of drug-likeness (QED) is 0.912. The lowest BCUT2D eigenvalue weighted by molar-refractivity contribution is -0.122. The van der Waals surface area contributed by atoms with Crippen LogP contribution in [0.25, 0.3) is 0 Å². The molecule has 0 bridgehead atoms. The molecule has 2 rings (SSSR count). The molecular weight excluding hydrogens is 288 g/mol. The maximum absolute atomic E-state index is 12.1. The highest BCUT2D eigenvalue weighted by Crippen LogP contribution is 2.22. The first-order chi connectivity index (χ1) is 9.90. The summed E-state index contributed by atoms with van der Waals surface area (Å²) in [5.74, 6) is -0.131. The van der Waals surface area contributed by atoms with Crippen molar-refractivity contribution in [1.82, 2.24) is 15.1 Å². The van der Waals surface area contributed by atoms with E-state index in [1.54, 1.807) is 10.7 Å². The second kappa shape index (κ2) is 6.18. The minimum atomic E-state index is -0.166. The van der Waals surface area contributed by atoms with Crippen LogP contribution in [-0.2, 0) is 11.3 Å². The molecule has 0 aliphatic heterocycles. The largest absolute Gasteiger partial charge is 0.396 e. The third kappa shape index (κ3) is 3.36. The predicted molar refractivity (Wildman–Crippen MR) is 84.1 cm³/mol. The van der Waals surface area contributed by atoms with Crippen molar-refractivity contribution in [3.8, 4) is 0 Å². The standard InChI is InChI=1S/C15H19ClN4O/c1-9(12-6-4-5-7-13(12)16)18-14(21)8-20-11(3)15(17)10(2)19-20/h4-7,9H,8,17H2,1-3H3,(H,18,21). The first-order valence-electron chi connectivity index (χ1n) is 6.73. The van der Waals surface area contributed by atoms with Crippen molar-refractivity contribution in [2.24, 2.45) is 0 Å². The average molecular weight is 307 g/mol. The fourth-order valence-electron chi connectivity index (χ4n) is 2.19. The summed E-state index contributed by atoms with van der Waals surface area (Å²) in [5, 5.41) is 7.81. The number of nitrogens with two attached hydrogens (primary N) is 1. The van der Waals surface area contributed by atoms with Crippen LogP contribution in [0.4, 0.5) is 5.69 Å². The van der Waals surface area contributed by atoms with Gasteiger partial charge in [0.25, 0.3) is 0 Å². The smallest absolute Gasteiger partial charge is 0.242 e. The fourth-order valence-corrected chi connectivity index (χ4v) is 2.49. The van der Waals surface area contributed by atoms with Gasteiger partial charge in [-0.25, -0.2) is 0 Å². The van der Waals surface area contributed by atoms with E-state index >= 15 is 0 Å². The van der Waals surface area contributed by atoms with E-state index in [-0.39, 0.29) is 18.5 Å². The Balaban J connectivity index is 2.05. The molecule has 0 saturated carbocycles. The zero-order chi connectivity index (χ0) is 15.6. The van der Waals surface area contributed by atoms with Crippen LogP contribution in [-0.4, -0.2) is 15.7 Å². The molecule has 1 heterocycles. The molecule has 0 aliphatic rings. The van der Waals surface area contributed by atoms with Crippen LogP contribution in [0.15, 0.2) is 24.3 Å². The number of nitrogens with one attached hydrogen (secondary N) is 1. The number of halogens is 1. The van der Waals surface area contributed by atoms with Crippen molar-refractivity contribution in [2.75, 3.05) is 5.73 Å². The summed E-state index contributed by atoms with van der Waals surface area (Å²) < 4.78 is 1.61. The monoisotopic (exact) mass is 306 g/mol. The summed E-state index contributed by atoms with van der Waals surface area (Å²) in [6.07, 6.45) is 0. The number of benzene rings is 1. The molecule has 1 unspecified atom stereocenters. The minimum Gasteiger partial charge on any atom is -0.396 e. The average Bonchev–Trinajstić information content (AvgIpc) is 2.66. The Morgan fingerprint density at radius 3 is 2.67 bits per heavy atom. The van der Waals surface area contributed by atoms with Crippen LogP contribution in [0, 0.1) is 13.8 Å². The lowest BCUT2D eigenvalue weighted by Crippen LogP contribution is -2.30. The summed E-state index contributed by atoms with van der Waals surface area (Å²) in [4.78, 5) is 12.1. The molecule has 112 valence electrons. The van der Waals surface area contributed by atoms with Crippen LogP contribution < -0.4 is 11.1 Å². The van der Waals surface area contributed by atoms with Crippen molar-refractivity contribution in [3.05, 3.63) is 46.2 Å². The highest BCUT2D eigenvalue weighted by Gasteiger charge is 2.15. The van der Waals surface area contributed by atoms with Gasteiger partial charge in [0.2, 0.25) is 5.91 Å². The molecular formula is C15H19ClN4O. The van der Waals surface area contributed by atoms with Gasteiger partial charge in [-0.15, -0.1) is 0 Å². The Kier molecular flexibility index (Phi) is 4.53. The number of aryl methyl sites for hydroxylation is 1. The molecule has 1 aromatic heterocycles. The molecule has 6 heteroatoms. The molecule has 0 radical (unpaired) electrons. The number of nitrogens with zero attached hydrogens (tertiary/aromatic N) is 2. The summed E-state index contributed by atoms with van der Waals surface area (Å²) in [7, 11) is 0. The Morgan fingerprint density at radius 1 is 1.43 bits per heavy atom. The molecule has 1 aromatic carbocycles. The number of rotatable bonds is 4. The molecule has 5 nitrogen and oxygen atoms in total. The van der Waals surface area contributed by atoms with E-state index in [9.17, 15) is 4.79 Å². The highest BCUT2D eigenvalue weighted by atomic mass is 35.5. The lowest BCUT2D eigenvalue weighted by atomic mass is 10.1. The van der Waals surface area contributed by atoms with Crippen LogP contribution in [0.2, 0.25) is 5.02 Å². The molecule has 2 aromatic rings. The van der Waals surface area contributed by atoms with Crippen LogP contribution in [0.3, 0.4) is 0 Å². The second-order valence-electron chi connectivity index (χ2n) is 5.05. The molecule has 0 fully saturated rings. The van der Waals surface area contributed by atoms with E-state index in [1.165, 1.54) is 0 Å². The molecule has 1 atom stereocenters. The molecule has 0 spiro atoms. The number of carbonyl (C=O) groups is 1. The Hall–Kier alpha value is -2.01. The van der Waals surface area contributed by atoms with Gasteiger partial charge in [-0.05, 0) is 32.4 Å². The highest BCUT2D eigenvalue weighted by molar-refractivity contribution is 6.31. The van der Waals surface area contributed by atoms with Gasteiger partial charge in [0.15, 0.2) is 0 Å². The number of carbonyl (C=O) groups excluding carboxylic acids is 1. The minimum absolute atomic E-state index is 0.131. The number of amides is 1. The van der Waals surface area contributed by atoms with E-state index in [1.807, 2.05) is 39.0 Å². The van der Waals surface area contributed by atoms with Crippen molar-refractivity contribution in [2.45, 2.75) is 33.4 Å². The van der Waals surface area contributed by atoms with E-state index < -0.39 is 0 Å². The summed E-state index contributed by atoms with van der Waals surface area (Å²) in [6.45, 7) is 5.70. The number of anilines is 1. The van der Waals surface area contributed by atoms with Gasteiger partial charge < -0.3 is 11.1 Å². The normalized spacial score (nSPS) is 12.2. The Morgan fingerprint density at radius 2 is 2.10 bits per heavy atom. The number of hydrogen-bond acceptors (Lipinski definition) is 3. The Bertz CT molecular complexity index is 666. The molecule has 0 aliphatic carbocycles. The number of nitrogen functional groups attached to an aromatic ring is 1. The maximum Gasteiger partial charge on any atom is 0.242 e. The first-order valence-corrected chi connectivity index (χ1v) is 7.11. The van der Waals surface area contributed by atoms with Gasteiger partial charge in [0.05, 0.1) is 23.1 Å². The zero-order valence-electron chi connectivity index (χ0n) is 12.4. The summed E-state index contributed by atoms with van der Waals surface area (Å²) >= 11 is 6.13. The van der Waals surface area contributed by atoms with Gasteiger partial charge in [0, 0.05) is 5.02 Å². The van der Waals surface area contributed by atoms with E-state index in [0.717, 1.165) is 17.0 Å². The topological polar surface area (TPSA) is 72.9 Å². The number of aromatic nitrogens is 2. The summed E-state index contributed by atoms with van der Waals surface area (Å²) in [5.41, 5.74) is 8.91. The van der Waals surface area contributed by atoms with Crippen LogP contribution in [0.5, 0.6) is 0 Å². The van der Waals surface area contributed by atoms with E-state index in [4.69, 9.17) is 17.3 Å². The number of hydrogen-bond donors (Lipinski definition) is 2. The molecule has 0 saturated heterocycles. The van der Waals surface area contributed by atoms with Crippen molar-refractivity contribution in [3.63, 3.8) is 0 Å². The third-order valence-corrected chi connectivity index (χ3v) is 3.82. The van der Waals surface area contributed by atoms with Gasteiger partial charge in [-0.3, -0.25) is 9.48 Å². The van der Waals surface area contributed by atoms with Crippen LogP contribution in [0.1, 0.15) is 29.9 Å². The van der Waals surface area contributed by atoms with Crippen molar-refractivity contribution >= 4 is 23.2 Å². The van der Waals surface area contributed by atoms with Gasteiger partial charge in [-0.1, -0.05) is 29.8 Å². The van der Waals surface area contributed by atoms with Crippen molar-refractivity contribution in [1.29, 1.82) is 0 Å². The van der Waals surface area contributed by atoms with E-state index in [2.05, 4.69) is 10.4 Å².